The molecule has 34 heavy (non-hydrogen) atoms. The number of anilines is 1. The van der Waals surface area contributed by atoms with Crippen LogP contribution in [0.25, 0.3) is 0 Å². The maximum Gasteiger partial charge on any atom is 0.257 e. The van der Waals surface area contributed by atoms with Gasteiger partial charge in [-0.15, -0.1) is 0 Å². The zero-order valence-corrected chi connectivity index (χ0v) is 21.6. The molecule has 1 aromatic carbocycles. The van der Waals surface area contributed by atoms with Crippen molar-refractivity contribution in [3.63, 3.8) is 0 Å². The van der Waals surface area contributed by atoms with Crippen LogP contribution in [0.15, 0.2) is 18.2 Å². The minimum Gasteiger partial charge on any atom is -0.491 e. The Balaban J connectivity index is 1.96. The van der Waals surface area contributed by atoms with Gasteiger partial charge < -0.3 is 19.3 Å². The molecule has 190 valence electrons. The number of carbonyl (C=O) groups is 2. The minimum atomic E-state index is -3.51. The molecule has 0 bridgehead atoms. The Morgan fingerprint density at radius 1 is 1.18 bits per heavy atom. The third kappa shape index (κ3) is 6.41. The van der Waals surface area contributed by atoms with Crippen LogP contribution in [0.1, 0.15) is 49.9 Å². The van der Waals surface area contributed by atoms with Gasteiger partial charge >= 0.3 is 0 Å². The number of sulfonamides is 1. The second kappa shape index (κ2) is 10.9. The molecule has 3 atom stereocenters. The molecule has 1 aliphatic heterocycles. The van der Waals surface area contributed by atoms with E-state index in [0.717, 1.165) is 31.9 Å². The number of nitrogens with one attached hydrogen (secondary N) is 1. The highest BCUT2D eigenvalue weighted by Gasteiger charge is 2.34. The molecule has 2 amide bonds. The molecule has 0 unspecified atom stereocenters. The molecular weight excluding hydrogens is 458 g/mol. The smallest absolute Gasteiger partial charge is 0.257 e. The average Bonchev–Trinajstić information content (AvgIpc) is 3.32. The molecule has 1 fully saturated rings. The van der Waals surface area contributed by atoms with Gasteiger partial charge in [0.2, 0.25) is 15.9 Å². The van der Waals surface area contributed by atoms with Gasteiger partial charge in [-0.1, -0.05) is 19.8 Å². The number of fused-ring (bicyclic) bond motifs is 1. The van der Waals surface area contributed by atoms with Crippen molar-refractivity contribution in [2.75, 3.05) is 44.8 Å². The van der Waals surface area contributed by atoms with Gasteiger partial charge in [0.25, 0.3) is 5.91 Å². The van der Waals surface area contributed by atoms with Crippen LogP contribution < -0.4 is 9.46 Å². The Kier molecular flexibility index (Phi) is 8.46. The molecule has 0 saturated heterocycles. The Morgan fingerprint density at radius 3 is 2.47 bits per heavy atom. The van der Waals surface area contributed by atoms with Crippen molar-refractivity contribution in [2.45, 2.75) is 51.7 Å². The van der Waals surface area contributed by atoms with Gasteiger partial charge in [-0.05, 0) is 38.0 Å². The SMILES string of the molecule is CO[C@@H]1CN(C)C(=O)c2cc(NS(C)(=O)=O)ccc2OC[C@@H](C)N(C(=O)C2CCCC2)C[C@H]1C. The summed E-state index contributed by atoms with van der Waals surface area (Å²) < 4.78 is 37.6. The van der Waals surface area contributed by atoms with Crippen LogP contribution in [0.4, 0.5) is 5.69 Å². The van der Waals surface area contributed by atoms with Gasteiger partial charge in [0.05, 0.1) is 24.0 Å². The zero-order valence-electron chi connectivity index (χ0n) is 20.7. The molecular formula is C24H37N3O6S. The van der Waals surface area contributed by atoms with Crippen molar-refractivity contribution < 1.29 is 27.5 Å². The van der Waals surface area contributed by atoms with Gasteiger partial charge in [-0.25, -0.2) is 8.42 Å². The Hall–Kier alpha value is -2.33. The predicted octanol–water partition coefficient (Wildman–Crippen LogP) is 2.58. The fraction of sp³-hybridized carbons (Fsp3) is 0.667. The van der Waals surface area contributed by atoms with E-state index >= 15 is 0 Å². The quantitative estimate of drug-likeness (QED) is 0.688. The van der Waals surface area contributed by atoms with E-state index in [0.29, 0.717) is 18.8 Å². The lowest BCUT2D eigenvalue weighted by atomic mass is 9.99. The molecule has 0 radical (unpaired) electrons. The third-order valence-corrected chi connectivity index (χ3v) is 7.34. The van der Waals surface area contributed by atoms with E-state index in [1.54, 1.807) is 31.2 Å². The van der Waals surface area contributed by atoms with Crippen LogP contribution in [-0.4, -0.2) is 82.3 Å². The average molecular weight is 496 g/mol. The lowest BCUT2D eigenvalue weighted by Crippen LogP contribution is -2.50. The van der Waals surface area contributed by atoms with E-state index in [1.165, 1.54) is 6.07 Å². The molecule has 1 aliphatic carbocycles. The normalized spacial score (nSPS) is 25.2. The van der Waals surface area contributed by atoms with Crippen LogP contribution >= 0.6 is 0 Å². The summed E-state index contributed by atoms with van der Waals surface area (Å²) in [5.41, 5.74) is 0.529. The van der Waals surface area contributed by atoms with Crippen molar-refractivity contribution in [3.8, 4) is 5.75 Å². The number of hydrogen-bond donors (Lipinski definition) is 1. The molecule has 1 N–H and O–H groups in total. The largest absolute Gasteiger partial charge is 0.491 e. The van der Waals surface area contributed by atoms with Crippen LogP contribution in [0.5, 0.6) is 5.75 Å². The fourth-order valence-electron chi connectivity index (χ4n) is 4.77. The van der Waals surface area contributed by atoms with Crippen molar-refractivity contribution in [3.05, 3.63) is 23.8 Å². The summed E-state index contributed by atoms with van der Waals surface area (Å²) in [5, 5.41) is 0. The van der Waals surface area contributed by atoms with Gasteiger partial charge in [-0.2, -0.15) is 0 Å². The van der Waals surface area contributed by atoms with Gasteiger partial charge in [0.1, 0.15) is 12.4 Å². The summed E-state index contributed by atoms with van der Waals surface area (Å²) in [7, 11) is -0.216. The van der Waals surface area contributed by atoms with E-state index < -0.39 is 10.0 Å². The fourth-order valence-corrected chi connectivity index (χ4v) is 5.32. The maximum atomic E-state index is 13.4. The van der Waals surface area contributed by atoms with Crippen molar-refractivity contribution in [2.24, 2.45) is 11.8 Å². The molecule has 0 aromatic heterocycles. The number of nitrogens with zero attached hydrogens (tertiary/aromatic N) is 2. The van der Waals surface area contributed by atoms with E-state index in [9.17, 15) is 18.0 Å². The van der Waals surface area contributed by atoms with Crippen LogP contribution in [0, 0.1) is 11.8 Å². The van der Waals surface area contributed by atoms with Crippen LogP contribution in [0.2, 0.25) is 0 Å². The first-order chi connectivity index (χ1) is 16.0. The van der Waals surface area contributed by atoms with Gasteiger partial charge in [-0.3, -0.25) is 14.3 Å². The molecule has 1 heterocycles. The van der Waals surface area contributed by atoms with E-state index in [4.69, 9.17) is 9.47 Å². The standard InChI is InChI=1S/C24H37N3O6S/c1-16-13-27(23(28)18-8-6-7-9-18)17(2)15-33-21-11-10-19(25-34(5,30)31)12-20(21)24(29)26(3)14-22(16)32-4/h10-12,16-18,22,25H,6-9,13-15H2,1-5H3/t16-,17-,22-/m1/s1. The molecule has 0 spiro atoms. The van der Waals surface area contributed by atoms with Gasteiger partial charge in [0, 0.05) is 44.8 Å². The number of amides is 2. The minimum absolute atomic E-state index is 0.00909. The number of likely N-dealkylation sites (N-methyl/N-ethyl adjacent to an activating group) is 1. The number of ether oxygens (including phenoxy) is 2. The number of hydrogen-bond acceptors (Lipinski definition) is 6. The van der Waals surface area contributed by atoms with Crippen LogP contribution in [-0.2, 0) is 19.6 Å². The zero-order chi connectivity index (χ0) is 25.0. The van der Waals surface area contributed by atoms with Crippen LogP contribution in [0.3, 0.4) is 0 Å². The molecule has 10 heteroatoms. The van der Waals surface area contributed by atoms with E-state index in [1.807, 2.05) is 18.7 Å². The Labute approximate surface area is 202 Å². The molecule has 9 nitrogen and oxygen atoms in total. The molecule has 3 rings (SSSR count). The van der Waals surface area contributed by atoms with E-state index in [2.05, 4.69) is 4.72 Å². The summed E-state index contributed by atoms with van der Waals surface area (Å²) in [6.07, 6.45) is 4.77. The Morgan fingerprint density at radius 2 is 1.85 bits per heavy atom. The molecule has 2 aliphatic rings. The predicted molar refractivity (Wildman–Crippen MR) is 130 cm³/mol. The maximum absolute atomic E-state index is 13.4. The van der Waals surface area contributed by atoms with Crippen molar-refractivity contribution in [1.82, 2.24) is 9.80 Å². The summed E-state index contributed by atoms with van der Waals surface area (Å²) in [6.45, 7) is 5.04. The molecule has 1 saturated carbocycles. The lowest BCUT2D eigenvalue weighted by molar-refractivity contribution is -0.139. The second-order valence-electron chi connectivity index (χ2n) is 9.65. The number of benzene rings is 1. The first kappa shape index (κ1) is 26.3. The summed E-state index contributed by atoms with van der Waals surface area (Å²) in [6, 6.07) is 4.43. The number of rotatable bonds is 4. The Bertz CT molecular complexity index is 992. The summed E-state index contributed by atoms with van der Waals surface area (Å²) in [5.74, 6) is 0.242. The van der Waals surface area contributed by atoms with E-state index in [-0.39, 0.29) is 53.7 Å². The highest BCUT2D eigenvalue weighted by molar-refractivity contribution is 7.92. The third-order valence-electron chi connectivity index (χ3n) is 6.74. The van der Waals surface area contributed by atoms with Crippen molar-refractivity contribution in [1.29, 1.82) is 0 Å². The summed E-state index contributed by atoms with van der Waals surface area (Å²) >= 11 is 0. The first-order valence-electron chi connectivity index (χ1n) is 11.8. The van der Waals surface area contributed by atoms with Crippen molar-refractivity contribution >= 4 is 27.5 Å². The summed E-state index contributed by atoms with van der Waals surface area (Å²) in [4.78, 5) is 30.2. The van der Waals surface area contributed by atoms with Gasteiger partial charge in [0.15, 0.2) is 0 Å². The highest BCUT2D eigenvalue weighted by atomic mass is 32.2. The monoisotopic (exact) mass is 495 g/mol. The number of methoxy groups -OCH3 is 1. The number of carbonyl (C=O) groups excluding carboxylic acids is 2. The topological polar surface area (TPSA) is 105 Å². The second-order valence-corrected chi connectivity index (χ2v) is 11.4. The lowest BCUT2D eigenvalue weighted by Gasteiger charge is -2.37. The highest BCUT2D eigenvalue weighted by Crippen LogP contribution is 2.30. The molecule has 1 aromatic rings. The first-order valence-corrected chi connectivity index (χ1v) is 13.7.